The van der Waals surface area contributed by atoms with Crippen molar-refractivity contribution in [3.8, 4) is 5.75 Å². The molecule has 0 aliphatic carbocycles. The van der Waals surface area contributed by atoms with Gasteiger partial charge in [-0.1, -0.05) is 12.8 Å². The molecule has 0 atom stereocenters. The topological polar surface area (TPSA) is 64.3 Å². The minimum atomic E-state index is -0.0751. The van der Waals surface area contributed by atoms with Crippen molar-refractivity contribution >= 4 is 23.4 Å². The Balaban J connectivity index is 2.30. The van der Waals surface area contributed by atoms with E-state index in [1.807, 2.05) is 18.7 Å². The summed E-state index contributed by atoms with van der Waals surface area (Å²) >= 11 is 1.88. The zero-order chi connectivity index (χ0) is 15.5. The lowest BCUT2D eigenvalue weighted by Gasteiger charge is -2.09. The fourth-order valence-corrected chi connectivity index (χ4v) is 2.50. The van der Waals surface area contributed by atoms with Gasteiger partial charge in [0.25, 0.3) is 5.91 Å². The lowest BCUT2D eigenvalue weighted by Crippen LogP contribution is -2.24. The number of amides is 1. The van der Waals surface area contributed by atoms with E-state index >= 15 is 0 Å². The van der Waals surface area contributed by atoms with E-state index in [1.54, 1.807) is 18.2 Å². The molecule has 0 heterocycles. The summed E-state index contributed by atoms with van der Waals surface area (Å²) in [5.74, 6) is 1.77. The summed E-state index contributed by atoms with van der Waals surface area (Å²) in [7, 11) is 0. The van der Waals surface area contributed by atoms with Gasteiger partial charge in [-0.2, -0.15) is 11.8 Å². The van der Waals surface area contributed by atoms with E-state index in [2.05, 4.69) is 11.6 Å². The van der Waals surface area contributed by atoms with Gasteiger partial charge in [0.05, 0.1) is 12.3 Å². The molecular formula is C16H26N2O2S. The predicted octanol–water partition coefficient (Wildman–Crippen LogP) is 3.32. The van der Waals surface area contributed by atoms with Gasteiger partial charge in [0.1, 0.15) is 5.75 Å². The van der Waals surface area contributed by atoms with Crippen LogP contribution in [0.5, 0.6) is 5.75 Å². The van der Waals surface area contributed by atoms with Gasteiger partial charge in [-0.3, -0.25) is 4.79 Å². The molecule has 0 fully saturated rings. The van der Waals surface area contributed by atoms with E-state index in [-0.39, 0.29) is 5.91 Å². The molecule has 0 saturated heterocycles. The molecule has 0 radical (unpaired) electrons. The number of benzene rings is 1. The number of carbonyl (C=O) groups excluding carboxylic acids is 1. The van der Waals surface area contributed by atoms with E-state index < -0.39 is 0 Å². The molecule has 5 heteroatoms. The van der Waals surface area contributed by atoms with Gasteiger partial charge in [-0.15, -0.1) is 0 Å². The Morgan fingerprint density at radius 1 is 1.29 bits per heavy atom. The van der Waals surface area contributed by atoms with E-state index in [0.29, 0.717) is 30.2 Å². The van der Waals surface area contributed by atoms with Crippen molar-refractivity contribution < 1.29 is 9.53 Å². The Bertz CT molecular complexity index is 438. The first kappa shape index (κ1) is 17.7. The minimum Gasteiger partial charge on any atom is -0.492 e. The van der Waals surface area contributed by atoms with Crippen molar-refractivity contribution in [2.75, 3.05) is 30.9 Å². The number of unbranched alkanes of at least 4 members (excludes halogenated alkanes) is 3. The van der Waals surface area contributed by atoms with Gasteiger partial charge in [0.2, 0.25) is 0 Å². The van der Waals surface area contributed by atoms with Crippen LogP contribution < -0.4 is 15.8 Å². The van der Waals surface area contributed by atoms with Crippen LogP contribution in [0.3, 0.4) is 0 Å². The van der Waals surface area contributed by atoms with Crippen molar-refractivity contribution in [1.29, 1.82) is 0 Å². The van der Waals surface area contributed by atoms with Gasteiger partial charge in [0, 0.05) is 12.1 Å². The molecule has 0 aliphatic rings. The first-order valence-corrected chi connectivity index (χ1v) is 8.88. The molecule has 1 rings (SSSR count). The molecule has 0 unspecified atom stereocenters. The van der Waals surface area contributed by atoms with E-state index in [4.69, 9.17) is 10.5 Å². The summed E-state index contributed by atoms with van der Waals surface area (Å²) in [6, 6.07) is 5.16. The zero-order valence-corrected chi connectivity index (χ0v) is 13.8. The quantitative estimate of drug-likeness (QED) is 0.514. The number of hydrogen-bond acceptors (Lipinski definition) is 4. The van der Waals surface area contributed by atoms with Crippen LogP contribution in [0, 0.1) is 0 Å². The van der Waals surface area contributed by atoms with Crippen LogP contribution in [0.4, 0.5) is 5.69 Å². The number of rotatable bonds is 10. The number of carbonyl (C=O) groups is 1. The van der Waals surface area contributed by atoms with Crippen molar-refractivity contribution in [2.45, 2.75) is 32.6 Å². The highest BCUT2D eigenvalue weighted by atomic mass is 32.2. The van der Waals surface area contributed by atoms with Crippen LogP contribution >= 0.6 is 11.8 Å². The number of thioether (sulfide) groups is 1. The van der Waals surface area contributed by atoms with Gasteiger partial charge in [0.15, 0.2) is 0 Å². The average molecular weight is 310 g/mol. The number of ether oxygens (including phenoxy) is 1. The van der Waals surface area contributed by atoms with Gasteiger partial charge >= 0.3 is 0 Å². The van der Waals surface area contributed by atoms with Gasteiger partial charge in [-0.25, -0.2) is 0 Å². The highest BCUT2D eigenvalue weighted by Gasteiger charge is 2.08. The van der Waals surface area contributed by atoms with E-state index in [0.717, 1.165) is 12.8 Å². The van der Waals surface area contributed by atoms with Crippen LogP contribution in [-0.4, -0.2) is 31.1 Å². The molecule has 4 nitrogen and oxygen atoms in total. The molecule has 0 saturated carbocycles. The third kappa shape index (κ3) is 6.76. The lowest BCUT2D eigenvalue weighted by atomic mass is 10.1. The van der Waals surface area contributed by atoms with Crippen LogP contribution in [0.15, 0.2) is 18.2 Å². The Morgan fingerprint density at radius 3 is 2.71 bits per heavy atom. The zero-order valence-electron chi connectivity index (χ0n) is 13.0. The lowest BCUT2D eigenvalue weighted by molar-refractivity contribution is 0.0953. The van der Waals surface area contributed by atoms with Crippen LogP contribution in [0.25, 0.3) is 0 Å². The molecule has 1 amide bonds. The summed E-state index contributed by atoms with van der Waals surface area (Å²) in [6.07, 6.45) is 6.79. The Morgan fingerprint density at radius 2 is 2.05 bits per heavy atom. The minimum absolute atomic E-state index is 0.0751. The molecular weight excluding hydrogens is 284 g/mol. The number of nitrogens with two attached hydrogens (primary N) is 1. The first-order chi connectivity index (χ1) is 10.2. The molecule has 0 spiro atoms. The third-order valence-electron chi connectivity index (χ3n) is 3.13. The number of nitrogens with one attached hydrogen (secondary N) is 1. The second-order valence-electron chi connectivity index (χ2n) is 4.85. The molecule has 118 valence electrons. The molecule has 0 aromatic heterocycles. The monoisotopic (exact) mass is 310 g/mol. The van der Waals surface area contributed by atoms with Crippen LogP contribution in [0.1, 0.15) is 43.0 Å². The summed E-state index contributed by atoms with van der Waals surface area (Å²) in [6.45, 7) is 3.18. The SMILES string of the molecule is CCOc1ccc(C(=O)NCCCCCCSC)cc1N. The first-order valence-electron chi connectivity index (χ1n) is 7.48. The largest absolute Gasteiger partial charge is 0.492 e. The maximum Gasteiger partial charge on any atom is 0.251 e. The van der Waals surface area contributed by atoms with Crippen molar-refractivity contribution in [3.63, 3.8) is 0 Å². The fourth-order valence-electron chi connectivity index (χ4n) is 2.01. The second kappa shape index (κ2) is 10.4. The molecule has 0 bridgehead atoms. The van der Waals surface area contributed by atoms with Crippen molar-refractivity contribution in [3.05, 3.63) is 23.8 Å². The average Bonchev–Trinajstić information content (AvgIpc) is 2.48. The number of hydrogen-bond donors (Lipinski definition) is 2. The highest BCUT2D eigenvalue weighted by Crippen LogP contribution is 2.22. The maximum atomic E-state index is 12.0. The van der Waals surface area contributed by atoms with Gasteiger partial charge in [-0.05, 0) is 50.0 Å². The van der Waals surface area contributed by atoms with Crippen molar-refractivity contribution in [2.24, 2.45) is 0 Å². The molecule has 21 heavy (non-hydrogen) atoms. The van der Waals surface area contributed by atoms with E-state index in [1.165, 1.54) is 18.6 Å². The predicted molar refractivity (Wildman–Crippen MR) is 91.2 cm³/mol. The Kier molecular flexibility index (Phi) is 8.74. The fraction of sp³-hybridized carbons (Fsp3) is 0.562. The normalized spacial score (nSPS) is 10.4. The molecule has 3 N–H and O–H groups in total. The molecule has 0 aliphatic heterocycles. The summed E-state index contributed by atoms with van der Waals surface area (Å²) < 4.78 is 5.36. The summed E-state index contributed by atoms with van der Waals surface area (Å²) in [4.78, 5) is 12.0. The van der Waals surface area contributed by atoms with Gasteiger partial charge < -0.3 is 15.8 Å². The maximum absolute atomic E-state index is 12.0. The standard InChI is InChI=1S/C16H26N2O2S/c1-3-20-15-9-8-13(12-14(15)17)16(19)18-10-6-4-5-7-11-21-2/h8-9,12H,3-7,10-11,17H2,1-2H3,(H,18,19). The second-order valence-corrected chi connectivity index (χ2v) is 5.83. The highest BCUT2D eigenvalue weighted by molar-refractivity contribution is 7.98. The molecule has 1 aromatic carbocycles. The number of nitrogen functional groups attached to an aromatic ring is 1. The third-order valence-corrected chi connectivity index (χ3v) is 3.83. The van der Waals surface area contributed by atoms with Crippen LogP contribution in [0.2, 0.25) is 0 Å². The van der Waals surface area contributed by atoms with Crippen LogP contribution in [-0.2, 0) is 0 Å². The van der Waals surface area contributed by atoms with E-state index in [9.17, 15) is 4.79 Å². The molecule has 1 aromatic rings. The summed E-state index contributed by atoms with van der Waals surface area (Å²) in [5, 5.41) is 2.93. The number of anilines is 1. The Labute approximate surface area is 131 Å². The summed E-state index contributed by atoms with van der Waals surface area (Å²) in [5.41, 5.74) is 6.94. The smallest absolute Gasteiger partial charge is 0.251 e. The van der Waals surface area contributed by atoms with Crippen molar-refractivity contribution in [1.82, 2.24) is 5.32 Å². The Hall–Kier alpha value is -1.36.